The zero-order chi connectivity index (χ0) is 18.9. The predicted octanol–water partition coefficient (Wildman–Crippen LogP) is 3.14. The highest BCUT2D eigenvalue weighted by Crippen LogP contribution is 2.36. The topological polar surface area (TPSA) is 83.9 Å². The van der Waals surface area contributed by atoms with Gasteiger partial charge in [0.15, 0.2) is 11.0 Å². The molecule has 0 atom stereocenters. The first-order valence-corrected chi connectivity index (χ1v) is 8.41. The number of carbonyl (C=O) groups is 1. The minimum absolute atomic E-state index is 0.0294. The molecule has 2 aromatic heterocycles. The van der Waals surface area contributed by atoms with E-state index in [9.17, 15) is 13.6 Å². The van der Waals surface area contributed by atoms with Gasteiger partial charge in [0.2, 0.25) is 0 Å². The fourth-order valence-corrected chi connectivity index (χ4v) is 2.73. The summed E-state index contributed by atoms with van der Waals surface area (Å²) in [5.74, 6) is -2.42. The number of amides is 1. The fraction of sp³-hybridized carbons (Fsp3) is 0.438. The van der Waals surface area contributed by atoms with Crippen LogP contribution in [0.15, 0.2) is 18.7 Å². The first-order valence-electron chi connectivity index (χ1n) is 8.03. The summed E-state index contributed by atoms with van der Waals surface area (Å²) >= 11 is 6.07. The summed E-state index contributed by atoms with van der Waals surface area (Å²) in [5, 5.41) is 2.56. The standard InChI is InChI=1S/C16H17ClF2N6O/c1-9(2)13-20-5-10(6-21-13)15(26)24-11-12(17)22-8-23-14(11)25-4-3-16(18,19)7-25/h5-6,8-9H,3-4,7H2,1-2H3,(H,24,26). The minimum Gasteiger partial charge on any atom is -0.348 e. The average molecular weight is 383 g/mol. The van der Waals surface area contributed by atoms with Gasteiger partial charge in [-0.1, -0.05) is 25.4 Å². The van der Waals surface area contributed by atoms with Crippen LogP contribution in [-0.4, -0.2) is 44.9 Å². The molecule has 1 amide bonds. The van der Waals surface area contributed by atoms with E-state index in [4.69, 9.17) is 11.6 Å². The Labute approximate surface area is 153 Å². The molecule has 10 heteroatoms. The number of nitrogens with one attached hydrogen (secondary N) is 1. The summed E-state index contributed by atoms with van der Waals surface area (Å²) < 4.78 is 27.0. The molecule has 1 aliphatic heterocycles. The fourth-order valence-electron chi connectivity index (χ4n) is 2.56. The predicted molar refractivity (Wildman–Crippen MR) is 92.9 cm³/mol. The van der Waals surface area contributed by atoms with Crippen molar-refractivity contribution in [3.63, 3.8) is 0 Å². The number of halogens is 3. The summed E-state index contributed by atoms with van der Waals surface area (Å²) in [4.78, 5) is 30.0. The molecule has 0 unspecified atom stereocenters. The summed E-state index contributed by atoms with van der Waals surface area (Å²) in [6.45, 7) is 3.49. The van der Waals surface area contributed by atoms with Gasteiger partial charge in [-0.2, -0.15) is 0 Å². The van der Waals surface area contributed by atoms with E-state index in [0.29, 0.717) is 5.82 Å². The van der Waals surface area contributed by atoms with E-state index < -0.39 is 18.4 Å². The van der Waals surface area contributed by atoms with Crippen LogP contribution in [0, 0.1) is 0 Å². The molecule has 3 heterocycles. The summed E-state index contributed by atoms with van der Waals surface area (Å²) in [5.41, 5.74) is 0.303. The van der Waals surface area contributed by atoms with E-state index in [0.717, 1.165) is 0 Å². The molecule has 138 valence electrons. The Balaban J connectivity index is 1.84. The van der Waals surface area contributed by atoms with Gasteiger partial charge in [-0.3, -0.25) is 4.79 Å². The van der Waals surface area contributed by atoms with Crippen molar-refractivity contribution in [2.45, 2.75) is 32.1 Å². The van der Waals surface area contributed by atoms with Crippen LogP contribution < -0.4 is 10.2 Å². The van der Waals surface area contributed by atoms with Crippen molar-refractivity contribution in [2.24, 2.45) is 0 Å². The Hall–Kier alpha value is -2.42. The second kappa shape index (κ2) is 7.06. The van der Waals surface area contributed by atoms with E-state index in [2.05, 4.69) is 25.3 Å². The van der Waals surface area contributed by atoms with Gasteiger partial charge in [0, 0.05) is 31.3 Å². The summed E-state index contributed by atoms with van der Waals surface area (Å²) in [6, 6.07) is 0. The van der Waals surface area contributed by atoms with Crippen molar-refractivity contribution in [1.82, 2.24) is 19.9 Å². The molecular weight excluding hydrogens is 366 g/mol. The van der Waals surface area contributed by atoms with Gasteiger partial charge in [0.25, 0.3) is 11.8 Å². The summed E-state index contributed by atoms with van der Waals surface area (Å²) in [6.07, 6.45) is 3.69. The van der Waals surface area contributed by atoms with Crippen molar-refractivity contribution in [3.8, 4) is 0 Å². The van der Waals surface area contributed by atoms with Crippen LogP contribution in [0.25, 0.3) is 0 Å². The Bertz CT molecular complexity index is 815. The molecule has 2 aromatic rings. The Morgan fingerprint density at radius 2 is 1.96 bits per heavy atom. The minimum atomic E-state index is -2.81. The molecule has 0 aliphatic carbocycles. The van der Waals surface area contributed by atoms with Crippen LogP contribution >= 0.6 is 11.6 Å². The molecule has 1 fully saturated rings. The maximum Gasteiger partial charge on any atom is 0.266 e. The third-order valence-electron chi connectivity index (χ3n) is 3.94. The molecule has 26 heavy (non-hydrogen) atoms. The second-order valence-electron chi connectivity index (χ2n) is 6.33. The molecule has 7 nitrogen and oxygen atoms in total. The van der Waals surface area contributed by atoms with Gasteiger partial charge in [-0.05, 0) is 0 Å². The molecular formula is C16H17ClF2N6O. The van der Waals surface area contributed by atoms with Gasteiger partial charge in [0.1, 0.15) is 17.8 Å². The maximum absolute atomic E-state index is 13.5. The number of hydrogen-bond acceptors (Lipinski definition) is 6. The molecule has 1 N–H and O–H groups in total. The third-order valence-corrected chi connectivity index (χ3v) is 4.23. The number of hydrogen-bond donors (Lipinski definition) is 1. The molecule has 0 spiro atoms. The number of alkyl halides is 2. The third kappa shape index (κ3) is 3.87. The lowest BCUT2D eigenvalue weighted by atomic mass is 10.2. The van der Waals surface area contributed by atoms with Gasteiger partial charge in [-0.25, -0.2) is 28.7 Å². The average Bonchev–Trinajstić information content (AvgIpc) is 2.96. The van der Waals surface area contributed by atoms with Crippen LogP contribution in [0.2, 0.25) is 5.15 Å². The number of aromatic nitrogens is 4. The zero-order valence-corrected chi connectivity index (χ0v) is 15.0. The largest absolute Gasteiger partial charge is 0.348 e. The molecule has 1 saturated heterocycles. The van der Waals surface area contributed by atoms with E-state index in [1.165, 1.54) is 23.6 Å². The molecule has 1 aliphatic rings. The highest BCUT2D eigenvalue weighted by molar-refractivity contribution is 6.33. The highest BCUT2D eigenvalue weighted by Gasteiger charge is 2.40. The molecule has 0 bridgehead atoms. The first kappa shape index (κ1) is 18.4. The van der Waals surface area contributed by atoms with E-state index in [1.807, 2.05) is 13.8 Å². The maximum atomic E-state index is 13.5. The van der Waals surface area contributed by atoms with Crippen molar-refractivity contribution < 1.29 is 13.6 Å². The number of anilines is 2. The molecule has 0 aromatic carbocycles. The van der Waals surface area contributed by atoms with Gasteiger partial charge < -0.3 is 10.2 Å². The van der Waals surface area contributed by atoms with Crippen LogP contribution in [0.4, 0.5) is 20.3 Å². The van der Waals surface area contributed by atoms with Crippen LogP contribution in [0.1, 0.15) is 42.4 Å². The molecule has 0 saturated carbocycles. The normalized spacial score (nSPS) is 16.2. The molecule has 3 rings (SSSR count). The Morgan fingerprint density at radius 1 is 1.27 bits per heavy atom. The van der Waals surface area contributed by atoms with E-state index in [-0.39, 0.29) is 41.1 Å². The first-order chi connectivity index (χ1) is 12.3. The lowest BCUT2D eigenvalue weighted by Gasteiger charge is -2.20. The van der Waals surface area contributed by atoms with Crippen molar-refractivity contribution in [1.29, 1.82) is 0 Å². The van der Waals surface area contributed by atoms with Crippen molar-refractivity contribution in [3.05, 3.63) is 35.3 Å². The number of rotatable bonds is 4. The highest BCUT2D eigenvalue weighted by atomic mass is 35.5. The summed E-state index contributed by atoms with van der Waals surface area (Å²) in [7, 11) is 0. The zero-order valence-electron chi connectivity index (χ0n) is 14.2. The SMILES string of the molecule is CC(C)c1ncc(C(=O)Nc2c(Cl)ncnc2N2CCC(F)(F)C2)cn1. The van der Waals surface area contributed by atoms with Crippen LogP contribution in [0.5, 0.6) is 0 Å². The van der Waals surface area contributed by atoms with E-state index >= 15 is 0 Å². The van der Waals surface area contributed by atoms with Gasteiger partial charge in [-0.15, -0.1) is 0 Å². The monoisotopic (exact) mass is 382 g/mol. The Morgan fingerprint density at radius 3 is 2.54 bits per heavy atom. The van der Waals surface area contributed by atoms with Gasteiger partial charge in [0.05, 0.1) is 12.1 Å². The molecule has 0 radical (unpaired) electrons. The Kier molecular flexibility index (Phi) is 4.99. The smallest absolute Gasteiger partial charge is 0.266 e. The van der Waals surface area contributed by atoms with Gasteiger partial charge >= 0.3 is 0 Å². The van der Waals surface area contributed by atoms with Crippen LogP contribution in [-0.2, 0) is 0 Å². The van der Waals surface area contributed by atoms with E-state index in [1.54, 1.807) is 0 Å². The quantitative estimate of drug-likeness (QED) is 0.818. The number of nitrogens with zero attached hydrogens (tertiary/aromatic N) is 5. The second-order valence-corrected chi connectivity index (χ2v) is 6.69. The lowest BCUT2D eigenvalue weighted by Crippen LogP contribution is -2.27. The lowest BCUT2D eigenvalue weighted by molar-refractivity contribution is 0.0257. The van der Waals surface area contributed by atoms with Crippen LogP contribution in [0.3, 0.4) is 0 Å². The van der Waals surface area contributed by atoms with Crippen molar-refractivity contribution in [2.75, 3.05) is 23.3 Å². The van der Waals surface area contributed by atoms with Crippen molar-refractivity contribution >= 4 is 29.0 Å². The number of carbonyl (C=O) groups excluding carboxylic acids is 1.